The topological polar surface area (TPSA) is 74.7 Å². The molecule has 0 unspecified atom stereocenters. The molecule has 0 spiro atoms. The molecule has 7 heteroatoms. The Balaban J connectivity index is 1.54. The molecule has 1 fully saturated rings. The van der Waals surface area contributed by atoms with Gasteiger partial charge in [0.1, 0.15) is 23.0 Å². The minimum atomic E-state index is -0.651. The Morgan fingerprint density at radius 3 is 2.77 bits per heavy atom. The molecule has 2 N–H and O–H groups in total. The van der Waals surface area contributed by atoms with Gasteiger partial charge in [-0.3, -0.25) is 4.79 Å². The maximum Gasteiger partial charge on any atom is 0.260 e. The van der Waals surface area contributed by atoms with Crippen LogP contribution in [-0.4, -0.2) is 40.8 Å². The molecule has 160 valence electrons. The molecule has 4 heterocycles. The number of benzene rings is 1. The molecule has 1 aromatic heterocycles. The fraction of sp³-hybridized carbons (Fsp3) is 0.333. The number of nitrogens with one attached hydrogen (secondary N) is 1. The third kappa shape index (κ3) is 3.49. The van der Waals surface area contributed by atoms with Gasteiger partial charge in [-0.2, -0.15) is 0 Å². The number of hydrogen-bond acceptors (Lipinski definition) is 5. The van der Waals surface area contributed by atoms with Crippen LogP contribution in [0.1, 0.15) is 37.8 Å². The predicted octanol–water partition coefficient (Wildman–Crippen LogP) is 3.74. The Hall–Kier alpha value is -3.19. The number of allylic oxidation sites excluding steroid dienone is 1. The summed E-state index contributed by atoms with van der Waals surface area (Å²) in [5.41, 5.74) is 2.76. The van der Waals surface area contributed by atoms with Crippen LogP contribution in [0.2, 0.25) is 0 Å². The summed E-state index contributed by atoms with van der Waals surface area (Å²) in [4.78, 5) is 19.3. The van der Waals surface area contributed by atoms with Crippen molar-refractivity contribution in [1.29, 1.82) is 0 Å². The molecule has 3 aliphatic heterocycles. The fourth-order valence-electron chi connectivity index (χ4n) is 4.46. The molecule has 1 amide bonds. The minimum Gasteiger partial charge on any atom is -0.482 e. The van der Waals surface area contributed by atoms with Crippen LogP contribution in [0.25, 0.3) is 11.1 Å². The first-order chi connectivity index (χ1) is 14.8. The molecule has 0 radical (unpaired) electrons. The average Bonchev–Trinajstić information content (AvgIpc) is 3.22. The summed E-state index contributed by atoms with van der Waals surface area (Å²) in [7, 11) is 0. The number of fused-ring (bicyclic) bond motifs is 1. The second-order valence-electron chi connectivity index (χ2n) is 8.67. The van der Waals surface area contributed by atoms with Gasteiger partial charge in [0.05, 0.1) is 17.4 Å². The van der Waals surface area contributed by atoms with Crippen LogP contribution in [0.3, 0.4) is 0 Å². The molecule has 2 aromatic rings. The number of hydrogen-bond donors (Lipinski definition) is 2. The Morgan fingerprint density at radius 1 is 1.23 bits per heavy atom. The lowest BCUT2D eigenvalue weighted by Gasteiger charge is -2.31. The van der Waals surface area contributed by atoms with Crippen molar-refractivity contribution in [1.82, 2.24) is 4.98 Å². The zero-order valence-corrected chi connectivity index (χ0v) is 17.5. The molecule has 1 aromatic carbocycles. The molecule has 1 saturated heterocycles. The number of aliphatic hydroxyl groups is 1. The van der Waals surface area contributed by atoms with Crippen LogP contribution in [0.4, 0.5) is 15.9 Å². The number of halogens is 1. The van der Waals surface area contributed by atoms with E-state index in [0.717, 1.165) is 42.9 Å². The van der Waals surface area contributed by atoms with Crippen LogP contribution in [0.5, 0.6) is 0 Å². The van der Waals surface area contributed by atoms with Gasteiger partial charge in [0.2, 0.25) is 0 Å². The molecular weight excluding hydrogens is 397 g/mol. The van der Waals surface area contributed by atoms with E-state index in [1.54, 1.807) is 12.3 Å². The zero-order valence-electron chi connectivity index (χ0n) is 17.5. The molecule has 0 atom stereocenters. The van der Waals surface area contributed by atoms with Crippen molar-refractivity contribution in [2.45, 2.75) is 38.4 Å². The first kappa shape index (κ1) is 19.8. The lowest BCUT2D eigenvalue weighted by molar-refractivity contribution is -0.111. The van der Waals surface area contributed by atoms with Gasteiger partial charge in [-0.25, -0.2) is 9.37 Å². The van der Waals surface area contributed by atoms with Gasteiger partial charge in [-0.1, -0.05) is 0 Å². The third-order valence-electron chi connectivity index (χ3n) is 6.11. The van der Waals surface area contributed by atoms with Crippen LogP contribution >= 0.6 is 0 Å². The van der Waals surface area contributed by atoms with E-state index >= 15 is 0 Å². The first-order valence-electron chi connectivity index (χ1n) is 10.5. The number of pyridine rings is 1. The van der Waals surface area contributed by atoms with Crippen LogP contribution in [0, 0.1) is 5.82 Å². The number of nitrogens with zero attached hydrogens (tertiary/aromatic N) is 2. The van der Waals surface area contributed by atoms with Gasteiger partial charge in [-0.15, -0.1) is 0 Å². The molecule has 5 rings (SSSR count). The smallest absolute Gasteiger partial charge is 0.260 e. The van der Waals surface area contributed by atoms with E-state index < -0.39 is 11.4 Å². The van der Waals surface area contributed by atoms with Gasteiger partial charge in [0.25, 0.3) is 5.91 Å². The van der Waals surface area contributed by atoms with Crippen molar-refractivity contribution in [3.63, 3.8) is 0 Å². The van der Waals surface area contributed by atoms with Gasteiger partial charge >= 0.3 is 0 Å². The van der Waals surface area contributed by atoms with Crippen molar-refractivity contribution >= 4 is 28.6 Å². The Bertz CT molecular complexity index is 1130. The minimum absolute atomic E-state index is 0.243. The van der Waals surface area contributed by atoms with Crippen molar-refractivity contribution in [3.05, 3.63) is 65.3 Å². The third-order valence-corrected chi connectivity index (χ3v) is 6.11. The van der Waals surface area contributed by atoms with E-state index in [0.29, 0.717) is 22.6 Å². The van der Waals surface area contributed by atoms with Gasteiger partial charge < -0.3 is 20.1 Å². The number of aromatic nitrogens is 1. The second-order valence-corrected chi connectivity index (χ2v) is 8.67. The summed E-state index contributed by atoms with van der Waals surface area (Å²) in [6, 6.07) is 8.22. The number of piperidine rings is 1. The van der Waals surface area contributed by atoms with E-state index in [1.807, 2.05) is 32.1 Å². The van der Waals surface area contributed by atoms with Crippen molar-refractivity contribution in [3.8, 4) is 0 Å². The molecular formula is C24H24FN3O3. The number of anilines is 2. The highest BCUT2D eigenvalue weighted by Gasteiger charge is 2.38. The van der Waals surface area contributed by atoms with Crippen molar-refractivity contribution in [2.24, 2.45) is 0 Å². The second kappa shape index (κ2) is 7.20. The number of ether oxygens (including phenoxy) is 1. The molecule has 31 heavy (non-hydrogen) atoms. The summed E-state index contributed by atoms with van der Waals surface area (Å²) in [5.74, 6) is 0.638. The molecule has 3 aliphatic rings. The number of aliphatic hydroxyl groups excluding tert-OH is 1. The highest BCUT2D eigenvalue weighted by molar-refractivity contribution is 6.32. The molecule has 0 bridgehead atoms. The Kier molecular flexibility index (Phi) is 4.59. The van der Waals surface area contributed by atoms with E-state index in [9.17, 15) is 14.3 Å². The summed E-state index contributed by atoms with van der Waals surface area (Å²) < 4.78 is 19.8. The van der Waals surface area contributed by atoms with Gasteiger partial charge in [0.15, 0.2) is 0 Å². The highest BCUT2D eigenvalue weighted by Crippen LogP contribution is 2.44. The molecule has 0 saturated carbocycles. The molecule has 0 aliphatic carbocycles. The van der Waals surface area contributed by atoms with Crippen molar-refractivity contribution in [2.75, 3.05) is 23.3 Å². The summed E-state index contributed by atoms with van der Waals surface area (Å²) in [6.45, 7) is 5.45. The standard InChI is InChI=1S/C24H24FN3O3/c1-24(2)18(14-5-8-26-21(11-14)28-9-6-16(29)7-10-28)13-20(31-24)22-17-4-3-15(25)12-19(17)27-23(22)30/h3-5,8,11-13,16,29H,6-7,9-10H2,1-2H3,(H,27,30). The number of carbonyl (C=O) groups excluding carboxylic acids is 1. The maximum atomic E-state index is 13.6. The van der Waals surface area contributed by atoms with Gasteiger partial charge in [0, 0.05) is 30.4 Å². The number of carbonyl (C=O) groups is 1. The summed E-state index contributed by atoms with van der Waals surface area (Å²) >= 11 is 0. The van der Waals surface area contributed by atoms with E-state index in [2.05, 4.69) is 15.2 Å². The SMILES string of the molecule is CC1(C)OC(=C2C(=O)Nc3cc(F)ccc32)C=C1c1ccnc(N2CCC(O)CC2)c1. The maximum absolute atomic E-state index is 13.6. The molecule has 6 nitrogen and oxygen atoms in total. The van der Waals surface area contributed by atoms with E-state index in [-0.39, 0.29) is 12.0 Å². The Labute approximate surface area is 180 Å². The first-order valence-corrected chi connectivity index (χ1v) is 10.5. The van der Waals surface area contributed by atoms with E-state index in [1.165, 1.54) is 12.1 Å². The average molecular weight is 421 g/mol. The lowest BCUT2D eigenvalue weighted by Crippen LogP contribution is -2.36. The van der Waals surface area contributed by atoms with Crippen LogP contribution in [0.15, 0.2) is 48.4 Å². The van der Waals surface area contributed by atoms with Crippen LogP contribution in [-0.2, 0) is 9.53 Å². The van der Waals surface area contributed by atoms with Crippen LogP contribution < -0.4 is 10.2 Å². The lowest BCUT2D eigenvalue weighted by atomic mass is 9.92. The summed E-state index contributed by atoms with van der Waals surface area (Å²) in [6.07, 6.45) is 4.89. The van der Waals surface area contributed by atoms with Crippen molar-refractivity contribution < 1.29 is 19.0 Å². The fourth-order valence-corrected chi connectivity index (χ4v) is 4.46. The van der Waals surface area contributed by atoms with Gasteiger partial charge in [-0.05, 0) is 68.7 Å². The quantitative estimate of drug-likeness (QED) is 0.723. The Morgan fingerprint density at radius 2 is 2.00 bits per heavy atom. The summed E-state index contributed by atoms with van der Waals surface area (Å²) in [5, 5.41) is 12.5. The van der Waals surface area contributed by atoms with E-state index in [4.69, 9.17) is 4.74 Å². The zero-order chi connectivity index (χ0) is 21.8. The monoisotopic (exact) mass is 421 g/mol. The number of rotatable bonds is 2. The number of amides is 1. The largest absolute Gasteiger partial charge is 0.482 e. The normalized spacial score (nSPS) is 22.8. The predicted molar refractivity (Wildman–Crippen MR) is 117 cm³/mol. The highest BCUT2D eigenvalue weighted by atomic mass is 19.1.